The molecule has 0 unspecified atom stereocenters. The van der Waals surface area contributed by atoms with E-state index in [1.807, 2.05) is 19.1 Å². The van der Waals surface area contributed by atoms with Gasteiger partial charge < -0.3 is 10.2 Å². The lowest BCUT2D eigenvalue weighted by molar-refractivity contribution is -0.131. The molecule has 4 nitrogen and oxygen atoms in total. The van der Waals surface area contributed by atoms with Crippen LogP contribution >= 0.6 is 27.5 Å². The minimum Gasteiger partial charge on any atom is -0.335 e. The largest absolute Gasteiger partial charge is 0.335 e. The highest BCUT2D eigenvalue weighted by molar-refractivity contribution is 9.10. The summed E-state index contributed by atoms with van der Waals surface area (Å²) >= 11 is 8.77. The second-order valence-corrected chi connectivity index (χ2v) is 5.04. The summed E-state index contributed by atoms with van der Waals surface area (Å²) in [7, 11) is 1.54. The highest BCUT2D eigenvalue weighted by atomic mass is 79.9. The minimum atomic E-state index is -0.283. The molecule has 0 aliphatic heterocycles. The van der Waals surface area contributed by atoms with Crippen molar-refractivity contribution in [2.45, 2.75) is 6.92 Å². The van der Waals surface area contributed by atoms with Crippen LogP contribution in [0.15, 0.2) is 22.7 Å². The van der Waals surface area contributed by atoms with Gasteiger partial charge in [-0.15, -0.1) is 11.6 Å². The summed E-state index contributed by atoms with van der Waals surface area (Å²) in [5.74, 6) is -0.673. The van der Waals surface area contributed by atoms with E-state index in [0.29, 0.717) is 5.69 Å². The molecule has 1 aromatic carbocycles. The van der Waals surface area contributed by atoms with Crippen LogP contribution in [0.25, 0.3) is 0 Å². The number of amides is 2. The molecule has 0 spiro atoms. The Bertz CT molecular complexity index is 465. The highest BCUT2D eigenvalue weighted by Gasteiger charge is 2.12. The van der Waals surface area contributed by atoms with Crippen LogP contribution in [0.2, 0.25) is 0 Å². The first-order chi connectivity index (χ1) is 8.43. The van der Waals surface area contributed by atoms with Crippen LogP contribution in [0.1, 0.15) is 5.56 Å². The van der Waals surface area contributed by atoms with Gasteiger partial charge in [-0.2, -0.15) is 0 Å². The zero-order valence-electron chi connectivity index (χ0n) is 10.2. The quantitative estimate of drug-likeness (QED) is 0.860. The van der Waals surface area contributed by atoms with Crippen molar-refractivity contribution in [3.05, 3.63) is 28.2 Å². The molecule has 0 aromatic heterocycles. The van der Waals surface area contributed by atoms with E-state index >= 15 is 0 Å². The van der Waals surface area contributed by atoms with E-state index in [4.69, 9.17) is 11.6 Å². The Morgan fingerprint density at radius 1 is 1.44 bits per heavy atom. The Balaban J connectivity index is 2.62. The summed E-state index contributed by atoms with van der Waals surface area (Å²) in [6, 6.07) is 5.61. The summed E-state index contributed by atoms with van der Waals surface area (Å²) < 4.78 is 0.808. The summed E-state index contributed by atoms with van der Waals surface area (Å²) in [4.78, 5) is 24.2. The predicted molar refractivity (Wildman–Crippen MR) is 75.9 cm³/mol. The van der Waals surface area contributed by atoms with Crippen LogP contribution in [0.5, 0.6) is 0 Å². The minimum absolute atomic E-state index is 0.0220. The summed E-state index contributed by atoms with van der Waals surface area (Å²) in [5.41, 5.74) is 1.77. The number of alkyl halides is 1. The molecule has 0 saturated heterocycles. The van der Waals surface area contributed by atoms with Gasteiger partial charge in [0.25, 0.3) is 0 Å². The molecule has 0 atom stereocenters. The molecule has 0 aliphatic rings. The lowest BCUT2D eigenvalue weighted by atomic mass is 10.2. The fourth-order valence-electron chi connectivity index (χ4n) is 1.32. The van der Waals surface area contributed by atoms with E-state index in [0.717, 1.165) is 10.0 Å². The number of carbonyl (C=O) groups excluding carboxylic acids is 2. The van der Waals surface area contributed by atoms with Crippen LogP contribution in [0, 0.1) is 6.92 Å². The lowest BCUT2D eigenvalue weighted by Gasteiger charge is -2.15. The van der Waals surface area contributed by atoms with Crippen molar-refractivity contribution in [2.75, 3.05) is 24.8 Å². The number of nitrogens with zero attached hydrogens (tertiary/aromatic N) is 1. The average molecular weight is 334 g/mol. The topological polar surface area (TPSA) is 49.4 Å². The summed E-state index contributed by atoms with van der Waals surface area (Å²) in [6.07, 6.45) is 0. The number of hydrogen-bond donors (Lipinski definition) is 1. The zero-order valence-corrected chi connectivity index (χ0v) is 12.5. The van der Waals surface area contributed by atoms with E-state index in [1.54, 1.807) is 6.07 Å². The average Bonchev–Trinajstić information content (AvgIpc) is 2.31. The Hall–Kier alpha value is -1.07. The zero-order chi connectivity index (χ0) is 13.7. The van der Waals surface area contributed by atoms with Crippen molar-refractivity contribution < 1.29 is 9.59 Å². The third kappa shape index (κ3) is 4.31. The van der Waals surface area contributed by atoms with E-state index in [-0.39, 0.29) is 24.2 Å². The summed E-state index contributed by atoms with van der Waals surface area (Å²) in [6.45, 7) is 1.94. The molecule has 0 bridgehead atoms. The second kappa shape index (κ2) is 6.75. The van der Waals surface area contributed by atoms with Gasteiger partial charge in [0, 0.05) is 11.5 Å². The monoisotopic (exact) mass is 332 g/mol. The Kier molecular flexibility index (Phi) is 5.62. The third-order valence-electron chi connectivity index (χ3n) is 2.32. The van der Waals surface area contributed by atoms with Gasteiger partial charge in [-0.05, 0) is 40.5 Å². The second-order valence-electron chi connectivity index (χ2n) is 3.91. The Morgan fingerprint density at radius 2 is 2.11 bits per heavy atom. The van der Waals surface area contributed by atoms with Crippen LogP contribution in [-0.4, -0.2) is 36.2 Å². The maximum Gasteiger partial charge on any atom is 0.244 e. The number of halogens is 2. The van der Waals surface area contributed by atoms with Crippen LogP contribution in [0.4, 0.5) is 5.69 Å². The van der Waals surface area contributed by atoms with Gasteiger partial charge in [-0.3, -0.25) is 9.59 Å². The maximum absolute atomic E-state index is 11.7. The molecule has 18 heavy (non-hydrogen) atoms. The number of nitrogens with one attached hydrogen (secondary N) is 1. The molecule has 1 N–H and O–H groups in total. The Labute approximate surface area is 119 Å². The van der Waals surface area contributed by atoms with Gasteiger partial charge >= 0.3 is 0 Å². The number of rotatable bonds is 4. The first kappa shape index (κ1) is 15.0. The number of carbonyl (C=O) groups is 2. The van der Waals surface area contributed by atoms with Gasteiger partial charge in [-0.1, -0.05) is 6.07 Å². The Morgan fingerprint density at radius 3 is 2.67 bits per heavy atom. The van der Waals surface area contributed by atoms with E-state index in [1.165, 1.54) is 11.9 Å². The number of aryl methyl sites for hydroxylation is 1. The number of benzene rings is 1. The van der Waals surface area contributed by atoms with Crippen molar-refractivity contribution in [3.8, 4) is 0 Å². The molecule has 0 heterocycles. The van der Waals surface area contributed by atoms with Gasteiger partial charge in [0.1, 0.15) is 5.88 Å². The predicted octanol–water partition coefficient (Wildman–Crippen LogP) is 2.39. The lowest BCUT2D eigenvalue weighted by Crippen LogP contribution is -2.35. The van der Waals surface area contributed by atoms with Crippen molar-refractivity contribution in [2.24, 2.45) is 0 Å². The molecule has 98 valence electrons. The fourth-order valence-corrected chi connectivity index (χ4v) is 2.11. The first-order valence-electron chi connectivity index (χ1n) is 5.30. The summed E-state index contributed by atoms with van der Waals surface area (Å²) in [5, 5.41) is 2.72. The molecule has 6 heteroatoms. The van der Waals surface area contributed by atoms with Crippen molar-refractivity contribution in [3.63, 3.8) is 0 Å². The number of likely N-dealkylation sites (N-methyl/N-ethyl adjacent to an activating group) is 1. The molecule has 0 saturated carbocycles. The van der Waals surface area contributed by atoms with Gasteiger partial charge in [-0.25, -0.2) is 0 Å². The third-order valence-corrected chi connectivity index (χ3v) is 3.20. The van der Waals surface area contributed by atoms with Gasteiger partial charge in [0.05, 0.1) is 12.2 Å². The normalized spacial score (nSPS) is 10.0. The van der Waals surface area contributed by atoms with Crippen molar-refractivity contribution >= 4 is 45.0 Å². The number of anilines is 1. The molecular weight excluding hydrogens is 320 g/mol. The van der Waals surface area contributed by atoms with Gasteiger partial charge in [0.15, 0.2) is 0 Å². The van der Waals surface area contributed by atoms with E-state index < -0.39 is 0 Å². The molecule has 0 radical (unpaired) electrons. The number of hydrogen-bond acceptors (Lipinski definition) is 2. The fraction of sp³-hybridized carbons (Fsp3) is 0.333. The smallest absolute Gasteiger partial charge is 0.244 e. The van der Waals surface area contributed by atoms with Crippen LogP contribution in [-0.2, 0) is 9.59 Å². The SMILES string of the molecule is Cc1ccc(NC(=O)CN(C)C(=O)CCl)c(Br)c1. The maximum atomic E-state index is 11.7. The molecule has 0 aliphatic carbocycles. The first-order valence-corrected chi connectivity index (χ1v) is 6.62. The van der Waals surface area contributed by atoms with Crippen LogP contribution in [0.3, 0.4) is 0 Å². The molecular formula is C12H14BrClN2O2. The standard InChI is InChI=1S/C12H14BrClN2O2/c1-8-3-4-10(9(13)5-8)15-11(17)7-16(2)12(18)6-14/h3-5H,6-7H2,1-2H3,(H,15,17). The van der Waals surface area contributed by atoms with E-state index in [9.17, 15) is 9.59 Å². The van der Waals surface area contributed by atoms with E-state index in [2.05, 4.69) is 21.2 Å². The van der Waals surface area contributed by atoms with Crippen LogP contribution < -0.4 is 5.32 Å². The van der Waals surface area contributed by atoms with Crippen molar-refractivity contribution in [1.82, 2.24) is 4.90 Å². The molecule has 1 aromatic rings. The molecule has 2 amide bonds. The molecule has 1 rings (SSSR count). The van der Waals surface area contributed by atoms with Crippen molar-refractivity contribution in [1.29, 1.82) is 0 Å². The van der Waals surface area contributed by atoms with Gasteiger partial charge in [0.2, 0.25) is 11.8 Å². The highest BCUT2D eigenvalue weighted by Crippen LogP contribution is 2.23. The molecule has 0 fully saturated rings.